The third kappa shape index (κ3) is 4.32. The summed E-state index contributed by atoms with van der Waals surface area (Å²) < 4.78 is 7.09. The second-order valence-corrected chi connectivity index (χ2v) is 9.20. The second kappa shape index (κ2) is 5.63. The van der Waals surface area contributed by atoms with Gasteiger partial charge in [-0.05, 0) is 30.8 Å². The van der Waals surface area contributed by atoms with E-state index in [2.05, 4.69) is 41.7 Å². The van der Waals surface area contributed by atoms with E-state index in [1.54, 1.807) is 0 Å². The van der Waals surface area contributed by atoms with Gasteiger partial charge in [-0.1, -0.05) is 40.2 Å². The van der Waals surface area contributed by atoms with Gasteiger partial charge >= 0.3 is 0 Å². The van der Waals surface area contributed by atoms with Crippen LogP contribution >= 0.6 is 15.9 Å². The molecule has 0 fully saturated rings. The molecule has 0 spiro atoms. The average Bonchev–Trinajstić information content (AvgIpc) is 2.16. The van der Waals surface area contributed by atoms with Crippen molar-refractivity contribution in [3.8, 4) is 0 Å². The Bertz CT molecular complexity index is 336. The maximum atomic E-state index is 5.97. The van der Waals surface area contributed by atoms with Crippen LogP contribution in [0.3, 0.4) is 0 Å². The maximum Gasteiger partial charge on any atom is 0.190 e. The van der Waals surface area contributed by atoms with Crippen molar-refractivity contribution in [1.82, 2.24) is 0 Å². The Balaban J connectivity index is 2.57. The molecule has 0 heterocycles. The normalized spacial score (nSPS) is 11.4. The summed E-state index contributed by atoms with van der Waals surface area (Å²) in [6.07, 6.45) is 1.95. The lowest BCUT2D eigenvalue weighted by Gasteiger charge is -2.21. The highest BCUT2D eigenvalue weighted by atomic mass is 79.9. The molecule has 0 aliphatic carbocycles. The lowest BCUT2D eigenvalue weighted by atomic mass is 10.2. The summed E-state index contributed by atoms with van der Waals surface area (Å²) in [7, 11) is -1.55. The summed E-state index contributed by atoms with van der Waals surface area (Å²) in [6.45, 7) is 8.88. The van der Waals surface area contributed by atoms with Crippen molar-refractivity contribution in [2.45, 2.75) is 25.7 Å². The van der Waals surface area contributed by atoms with Gasteiger partial charge in [0, 0.05) is 4.47 Å². The number of rotatable bonds is 5. The molecule has 3 heteroatoms. The van der Waals surface area contributed by atoms with E-state index < -0.39 is 8.32 Å². The molecule has 0 radical (unpaired) electrons. The smallest absolute Gasteiger partial charge is 0.190 e. The van der Waals surface area contributed by atoms with Crippen molar-refractivity contribution < 1.29 is 4.43 Å². The zero-order chi connectivity index (χ0) is 11.3. The second-order valence-electron chi connectivity index (χ2n) is 4.13. The molecule has 0 aliphatic rings. The predicted octanol–water partition coefficient (Wildman–Crippen LogP) is 4.36. The molecule has 1 aromatic rings. The van der Waals surface area contributed by atoms with Gasteiger partial charge in [-0.3, -0.25) is 0 Å². The van der Waals surface area contributed by atoms with Gasteiger partial charge in [-0.15, -0.1) is 6.58 Å². The summed E-state index contributed by atoms with van der Waals surface area (Å²) in [5, 5.41) is 0. The molecular formula is C12H17BrOSi. The lowest BCUT2D eigenvalue weighted by molar-refractivity contribution is 0.296. The number of benzene rings is 1. The highest BCUT2D eigenvalue weighted by Gasteiger charge is 2.20. The van der Waals surface area contributed by atoms with Crippen molar-refractivity contribution in [1.29, 1.82) is 0 Å². The highest BCUT2D eigenvalue weighted by Crippen LogP contribution is 2.20. The average molecular weight is 285 g/mol. The standard InChI is InChI=1S/C12H17BrOSi/c1-4-9-15(2,3)14-10-11-7-5-6-8-12(11)13/h4-8H,1,9-10H2,2-3H3. The molecule has 0 saturated heterocycles. The van der Waals surface area contributed by atoms with Crippen LogP contribution in [0.2, 0.25) is 19.1 Å². The Morgan fingerprint density at radius 2 is 2.07 bits per heavy atom. The van der Waals surface area contributed by atoms with Crippen LogP contribution in [0.4, 0.5) is 0 Å². The van der Waals surface area contributed by atoms with Crippen LogP contribution in [-0.4, -0.2) is 8.32 Å². The highest BCUT2D eigenvalue weighted by molar-refractivity contribution is 9.10. The third-order valence-electron chi connectivity index (χ3n) is 2.21. The molecule has 15 heavy (non-hydrogen) atoms. The molecule has 1 aromatic carbocycles. The minimum absolute atomic E-state index is 0.689. The summed E-state index contributed by atoms with van der Waals surface area (Å²) in [5.74, 6) is 0. The van der Waals surface area contributed by atoms with Gasteiger partial charge in [0.1, 0.15) is 0 Å². The largest absolute Gasteiger partial charge is 0.413 e. The van der Waals surface area contributed by atoms with Crippen LogP contribution in [0.25, 0.3) is 0 Å². The van der Waals surface area contributed by atoms with Crippen LogP contribution in [0.1, 0.15) is 5.56 Å². The Morgan fingerprint density at radius 1 is 1.40 bits per heavy atom. The fourth-order valence-corrected chi connectivity index (χ4v) is 3.05. The molecule has 0 N–H and O–H groups in total. The van der Waals surface area contributed by atoms with E-state index in [0.29, 0.717) is 6.61 Å². The quantitative estimate of drug-likeness (QED) is 0.577. The first-order valence-corrected chi connectivity index (χ1v) is 8.94. The van der Waals surface area contributed by atoms with Gasteiger partial charge in [-0.2, -0.15) is 0 Å². The first kappa shape index (κ1) is 12.7. The van der Waals surface area contributed by atoms with Crippen LogP contribution in [0, 0.1) is 0 Å². The lowest BCUT2D eigenvalue weighted by Crippen LogP contribution is -2.29. The number of allylic oxidation sites excluding steroid dienone is 1. The molecule has 0 aromatic heterocycles. The van der Waals surface area contributed by atoms with Gasteiger partial charge < -0.3 is 4.43 Å². The SMILES string of the molecule is C=CC[Si](C)(C)OCc1ccccc1Br. The van der Waals surface area contributed by atoms with E-state index in [-0.39, 0.29) is 0 Å². The molecule has 0 unspecified atom stereocenters. The summed E-state index contributed by atoms with van der Waals surface area (Å²) in [6, 6.07) is 9.17. The Labute approximate surface area is 101 Å². The van der Waals surface area contributed by atoms with Gasteiger partial charge in [0.2, 0.25) is 0 Å². The fourth-order valence-electron chi connectivity index (χ4n) is 1.30. The van der Waals surface area contributed by atoms with Gasteiger partial charge in [0.25, 0.3) is 0 Å². The summed E-state index contributed by atoms with van der Waals surface area (Å²) >= 11 is 3.52. The van der Waals surface area contributed by atoms with E-state index in [4.69, 9.17) is 4.43 Å². The predicted molar refractivity (Wildman–Crippen MR) is 71.4 cm³/mol. The Hall–Kier alpha value is -0.383. The van der Waals surface area contributed by atoms with Gasteiger partial charge in [0.05, 0.1) is 6.61 Å². The minimum Gasteiger partial charge on any atom is -0.413 e. The van der Waals surface area contributed by atoms with Gasteiger partial charge in [0.15, 0.2) is 8.32 Å². The van der Waals surface area contributed by atoms with E-state index in [9.17, 15) is 0 Å². The molecule has 0 bridgehead atoms. The maximum absolute atomic E-state index is 5.97. The van der Waals surface area contributed by atoms with E-state index in [1.807, 2.05) is 24.3 Å². The zero-order valence-electron chi connectivity index (χ0n) is 9.29. The van der Waals surface area contributed by atoms with Crippen molar-refractivity contribution >= 4 is 24.2 Å². The molecule has 0 saturated carbocycles. The van der Waals surface area contributed by atoms with Crippen molar-refractivity contribution in [2.24, 2.45) is 0 Å². The van der Waals surface area contributed by atoms with E-state index >= 15 is 0 Å². The van der Waals surface area contributed by atoms with Gasteiger partial charge in [-0.25, -0.2) is 0 Å². The molecule has 0 aliphatic heterocycles. The number of hydrogen-bond donors (Lipinski definition) is 0. The first-order valence-electron chi connectivity index (χ1n) is 5.03. The topological polar surface area (TPSA) is 9.23 Å². The van der Waals surface area contributed by atoms with Crippen molar-refractivity contribution in [3.63, 3.8) is 0 Å². The zero-order valence-corrected chi connectivity index (χ0v) is 11.9. The van der Waals surface area contributed by atoms with Crippen molar-refractivity contribution in [3.05, 3.63) is 47.0 Å². The van der Waals surface area contributed by atoms with E-state index in [1.165, 1.54) is 5.56 Å². The van der Waals surface area contributed by atoms with Crippen molar-refractivity contribution in [2.75, 3.05) is 0 Å². The number of hydrogen-bond acceptors (Lipinski definition) is 1. The number of halogens is 1. The molecule has 1 nitrogen and oxygen atoms in total. The molecule has 1 rings (SSSR count). The molecule has 0 atom stereocenters. The van der Waals surface area contributed by atoms with Crippen LogP contribution < -0.4 is 0 Å². The third-order valence-corrected chi connectivity index (χ3v) is 5.18. The first-order chi connectivity index (χ1) is 7.05. The summed E-state index contributed by atoms with van der Waals surface area (Å²) in [5.41, 5.74) is 1.21. The van der Waals surface area contributed by atoms with E-state index in [0.717, 1.165) is 10.5 Å². The van der Waals surface area contributed by atoms with Crippen LogP contribution in [0.5, 0.6) is 0 Å². The molecule has 0 amide bonds. The van der Waals surface area contributed by atoms with Crippen LogP contribution in [-0.2, 0) is 11.0 Å². The Morgan fingerprint density at radius 3 is 2.67 bits per heavy atom. The molecular weight excluding hydrogens is 268 g/mol. The molecule has 82 valence electrons. The Kier molecular flexibility index (Phi) is 4.76. The monoisotopic (exact) mass is 284 g/mol. The fraction of sp³-hybridized carbons (Fsp3) is 0.333. The van der Waals surface area contributed by atoms with Crippen LogP contribution in [0.15, 0.2) is 41.4 Å². The summed E-state index contributed by atoms with van der Waals surface area (Å²) in [4.78, 5) is 0. The minimum atomic E-state index is -1.55.